The standard InChI is InChI=1S/C24H15N5O2/c1-13-10-11-17-15(12-13)21(14-6-2-3-7-16(14)25-17)29-19-9-5-4-8-18(19)26-20-22(29)27-24(31)28-23(20)30/h2-12H,1H3,(H,28,30,31). The molecule has 0 saturated carbocycles. The lowest BCUT2D eigenvalue weighted by molar-refractivity contribution is 0.943. The van der Waals surface area contributed by atoms with Crippen molar-refractivity contribution in [3.63, 3.8) is 0 Å². The summed E-state index contributed by atoms with van der Waals surface area (Å²) in [6.45, 7) is 2.02. The van der Waals surface area contributed by atoms with Crippen LogP contribution in [-0.2, 0) is 0 Å². The number of nitrogens with one attached hydrogen (secondary N) is 1. The largest absolute Gasteiger partial charge is 0.349 e. The summed E-state index contributed by atoms with van der Waals surface area (Å²) < 4.78 is 1.86. The monoisotopic (exact) mass is 405 g/mol. The lowest BCUT2D eigenvalue weighted by atomic mass is 10.0. The second kappa shape index (κ2) is 6.30. The van der Waals surface area contributed by atoms with Gasteiger partial charge < -0.3 is 0 Å². The summed E-state index contributed by atoms with van der Waals surface area (Å²) in [6.07, 6.45) is 0. The molecule has 0 fully saturated rings. The molecule has 0 unspecified atom stereocenters. The van der Waals surface area contributed by atoms with E-state index in [2.05, 4.69) is 21.0 Å². The second-order valence-corrected chi connectivity index (χ2v) is 7.48. The van der Waals surface area contributed by atoms with Crippen LogP contribution >= 0.6 is 0 Å². The first kappa shape index (κ1) is 17.5. The van der Waals surface area contributed by atoms with Gasteiger partial charge in [-0.15, -0.1) is 0 Å². The van der Waals surface area contributed by atoms with E-state index in [1.165, 1.54) is 0 Å². The van der Waals surface area contributed by atoms with E-state index in [0.717, 1.165) is 38.6 Å². The third-order valence-corrected chi connectivity index (χ3v) is 5.45. The number of aromatic amines is 1. The minimum absolute atomic E-state index is 0.111. The molecule has 0 amide bonds. The van der Waals surface area contributed by atoms with E-state index in [1.54, 1.807) is 0 Å². The molecule has 31 heavy (non-hydrogen) atoms. The van der Waals surface area contributed by atoms with Crippen LogP contribution in [0.2, 0.25) is 0 Å². The molecular weight excluding hydrogens is 390 g/mol. The predicted molar refractivity (Wildman–Crippen MR) is 120 cm³/mol. The van der Waals surface area contributed by atoms with E-state index in [4.69, 9.17) is 4.98 Å². The van der Waals surface area contributed by atoms with Crippen molar-refractivity contribution in [3.8, 4) is 17.2 Å². The molecule has 2 aliphatic heterocycles. The summed E-state index contributed by atoms with van der Waals surface area (Å²) in [4.78, 5) is 40.5. The van der Waals surface area contributed by atoms with Gasteiger partial charge in [-0.25, -0.2) is 14.8 Å². The van der Waals surface area contributed by atoms with Crippen LogP contribution < -0.4 is 11.2 Å². The summed E-state index contributed by atoms with van der Waals surface area (Å²) in [6, 6.07) is 21.4. The van der Waals surface area contributed by atoms with Crippen LogP contribution in [0.5, 0.6) is 0 Å². The summed E-state index contributed by atoms with van der Waals surface area (Å²) in [5.74, 6) is 0.214. The highest BCUT2D eigenvalue weighted by atomic mass is 16.2. The van der Waals surface area contributed by atoms with Crippen LogP contribution in [0.1, 0.15) is 5.56 Å². The smallest absolute Gasteiger partial charge is 0.289 e. The number of fused-ring (bicyclic) bond motifs is 4. The average Bonchev–Trinajstić information content (AvgIpc) is 2.77. The van der Waals surface area contributed by atoms with Crippen molar-refractivity contribution in [2.24, 2.45) is 0 Å². The highest BCUT2D eigenvalue weighted by Crippen LogP contribution is 2.34. The van der Waals surface area contributed by atoms with E-state index in [0.29, 0.717) is 5.52 Å². The van der Waals surface area contributed by atoms with E-state index in [1.807, 2.05) is 72.2 Å². The highest BCUT2D eigenvalue weighted by Gasteiger charge is 2.22. The van der Waals surface area contributed by atoms with Gasteiger partial charge in [0.1, 0.15) is 0 Å². The zero-order chi connectivity index (χ0) is 21.1. The molecule has 0 atom stereocenters. The van der Waals surface area contributed by atoms with Gasteiger partial charge in [0.15, 0.2) is 11.5 Å². The Morgan fingerprint density at radius 3 is 2.39 bits per heavy atom. The highest BCUT2D eigenvalue weighted by molar-refractivity contribution is 6.05. The predicted octanol–water partition coefficient (Wildman–Crippen LogP) is 3.58. The number of rotatable bonds is 1. The third-order valence-electron chi connectivity index (χ3n) is 5.45. The molecule has 7 heteroatoms. The van der Waals surface area contributed by atoms with Crippen LogP contribution in [0.15, 0.2) is 76.3 Å². The SMILES string of the molecule is Cc1ccc2nc3ccccc3c(-n3c4nc(=O)[nH]c(=O)c-4nc4ccccc43)c2c1. The molecule has 0 spiro atoms. The number of nitrogens with zero attached hydrogens (tertiary/aromatic N) is 4. The fourth-order valence-corrected chi connectivity index (χ4v) is 4.12. The summed E-state index contributed by atoms with van der Waals surface area (Å²) in [5, 5.41) is 1.79. The molecule has 3 aromatic carbocycles. The zero-order valence-corrected chi connectivity index (χ0v) is 16.5. The Kier molecular flexibility index (Phi) is 3.55. The molecule has 3 heterocycles. The molecule has 4 aromatic rings. The Labute approximate surface area is 175 Å². The van der Waals surface area contributed by atoms with E-state index in [9.17, 15) is 9.59 Å². The fourth-order valence-electron chi connectivity index (χ4n) is 4.12. The number of benzene rings is 3. The molecule has 0 saturated heterocycles. The van der Waals surface area contributed by atoms with Crippen molar-refractivity contribution >= 4 is 32.8 Å². The summed E-state index contributed by atoms with van der Waals surface area (Å²) >= 11 is 0. The van der Waals surface area contributed by atoms with Crippen LogP contribution in [-0.4, -0.2) is 24.5 Å². The van der Waals surface area contributed by atoms with Gasteiger partial charge in [-0.3, -0.25) is 14.3 Å². The van der Waals surface area contributed by atoms with Gasteiger partial charge in [0.25, 0.3) is 5.56 Å². The minimum Gasteiger partial charge on any atom is -0.289 e. The summed E-state index contributed by atoms with van der Waals surface area (Å²) in [7, 11) is 0. The van der Waals surface area contributed by atoms with Gasteiger partial charge in [-0.05, 0) is 37.3 Å². The van der Waals surface area contributed by atoms with Crippen molar-refractivity contribution in [3.05, 3.63) is 93.1 Å². The maximum absolute atomic E-state index is 12.6. The molecule has 2 aliphatic rings. The number of hydrogen-bond acceptors (Lipinski definition) is 5. The van der Waals surface area contributed by atoms with Crippen LogP contribution in [0.3, 0.4) is 0 Å². The van der Waals surface area contributed by atoms with Gasteiger partial charge in [0.05, 0.1) is 27.8 Å². The molecule has 0 bridgehead atoms. The van der Waals surface area contributed by atoms with Crippen molar-refractivity contribution in [2.75, 3.05) is 0 Å². The van der Waals surface area contributed by atoms with E-state index >= 15 is 0 Å². The first-order chi connectivity index (χ1) is 15.1. The summed E-state index contributed by atoms with van der Waals surface area (Å²) in [5.41, 5.74) is 3.72. The molecule has 6 rings (SSSR count). The topological polar surface area (TPSA) is 93.5 Å². The van der Waals surface area contributed by atoms with E-state index in [-0.39, 0.29) is 11.5 Å². The van der Waals surface area contributed by atoms with Gasteiger partial charge in [-0.2, -0.15) is 4.98 Å². The number of hydrogen-bond donors (Lipinski definition) is 1. The lowest BCUT2D eigenvalue weighted by Gasteiger charge is -2.20. The molecule has 0 radical (unpaired) electrons. The number of H-pyrrole nitrogens is 1. The van der Waals surface area contributed by atoms with Crippen LogP contribution in [0, 0.1) is 6.92 Å². The van der Waals surface area contributed by atoms with Crippen molar-refractivity contribution in [2.45, 2.75) is 6.92 Å². The van der Waals surface area contributed by atoms with E-state index < -0.39 is 11.2 Å². The quantitative estimate of drug-likeness (QED) is 0.422. The maximum Gasteiger partial charge on any atom is 0.349 e. The first-order valence-electron chi connectivity index (χ1n) is 9.81. The Morgan fingerprint density at radius 1 is 0.774 bits per heavy atom. The van der Waals surface area contributed by atoms with Crippen LogP contribution in [0.4, 0.5) is 0 Å². The number of aryl methyl sites for hydroxylation is 1. The maximum atomic E-state index is 12.6. The molecule has 7 nitrogen and oxygen atoms in total. The Morgan fingerprint density at radius 2 is 1.52 bits per heavy atom. The van der Waals surface area contributed by atoms with Crippen molar-refractivity contribution in [1.29, 1.82) is 0 Å². The Hall–Kier alpha value is -4.39. The van der Waals surface area contributed by atoms with Gasteiger partial charge in [0, 0.05) is 10.8 Å². The number of aromatic nitrogens is 5. The van der Waals surface area contributed by atoms with Crippen LogP contribution in [0.25, 0.3) is 50.0 Å². The van der Waals surface area contributed by atoms with Gasteiger partial charge in [0.2, 0.25) is 0 Å². The average molecular weight is 405 g/mol. The number of pyridine rings is 1. The third kappa shape index (κ3) is 2.56. The van der Waals surface area contributed by atoms with Gasteiger partial charge in [-0.1, -0.05) is 42.0 Å². The Balaban J connectivity index is 1.96. The minimum atomic E-state index is -0.706. The molecule has 1 N–H and O–H groups in total. The fraction of sp³-hybridized carbons (Fsp3) is 0.0417. The normalized spacial score (nSPS) is 11.6. The van der Waals surface area contributed by atoms with Crippen molar-refractivity contribution in [1.82, 2.24) is 24.5 Å². The lowest BCUT2D eigenvalue weighted by Crippen LogP contribution is -2.28. The first-order valence-corrected chi connectivity index (χ1v) is 9.81. The second-order valence-electron chi connectivity index (χ2n) is 7.48. The zero-order valence-electron chi connectivity index (χ0n) is 16.5. The molecule has 148 valence electrons. The van der Waals surface area contributed by atoms with Gasteiger partial charge >= 0.3 is 5.69 Å². The van der Waals surface area contributed by atoms with Crippen molar-refractivity contribution < 1.29 is 0 Å². The molecule has 1 aromatic heterocycles. The molecular formula is C24H15N5O2. The Bertz CT molecular complexity index is 1750. The molecule has 0 aliphatic carbocycles. The number of para-hydroxylation sites is 3.